The van der Waals surface area contributed by atoms with Crippen LogP contribution in [0.15, 0.2) is 18.2 Å². The topological polar surface area (TPSA) is 90.2 Å². The molecule has 0 aliphatic rings. The second-order valence-electron chi connectivity index (χ2n) is 4.01. The van der Waals surface area contributed by atoms with Crippen LogP contribution in [0.5, 0.6) is 5.75 Å². The molecule has 0 saturated heterocycles. The zero-order valence-electron chi connectivity index (χ0n) is 11.1. The van der Waals surface area contributed by atoms with Crippen molar-refractivity contribution >= 4 is 28.8 Å². The number of benzene rings is 1. The first-order valence-electron chi connectivity index (χ1n) is 5.71. The molecule has 2 rings (SSSR count). The summed E-state index contributed by atoms with van der Waals surface area (Å²) in [4.78, 5) is 17.9. The van der Waals surface area contributed by atoms with Gasteiger partial charge in [-0.05, 0) is 30.7 Å². The van der Waals surface area contributed by atoms with E-state index in [9.17, 15) is 14.5 Å². The number of nitrogens with zero attached hydrogens (tertiary/aromatic N) is 3. The lowest BCUT2D eigenvalue weighted by Gasteiger charge is -2.09. The highest BCUT2D eigenvalue weighted by Crippen LogP contribution is 2.30. The number of methoxy groups -OCH3 is 1. The van der Waals surface area contributed by atoms with Crippen LogP contribution in [0.1, 0.15) is 5.69 Å². The van der Waals surface area contributed by atoms with E-state index in [0.717, 1.165) is 6.07 Å². The van der Waals surface area contributed by atoms with Gasteiger partial charge in [0.05, 0.1) is 12.0 Å². The van der Waals surface area contributed by atoms with Crippen molar-refractivity contribution in [2.24, 2.45) is 0 Å². The number of aromatic nitrogens is 2. The van der Waals surface area contributed by atoms with Crippen molar-refractivity contribution in [2.75, 3.05) is 12.4 Å². The van der Waals surface area contributed by atoms with Gasteiger partial charge in [-0.15, -0.1) is 0 Å². The Bertz CT molecular complexity index is 711. The van der Waals surface area contributed by atoms with Gasteiger partial charge in [0, 0.05) is 11.8 Å². The SMILES string of the molecule is COc1ccc(Nc2nc(Cl)nc(C)c2[N+](=O)[O-])cc1F. The van der Waals surface area contributed by atoms with Gasteiger partial charge in [-0.2, -0.15) is 4.98 Å². The van der Waals surface area contributed by atoms with Crippen molar-refractivity contribution in [3.8, 4) is 5.75 Å². The molecule has 0 unspecified atom stereocenters. The van der Waals surface area contributed by atoms with Gasteiger partial charge in [-0.1, -0.05) is 0 Å². The Labute approximate surface area is 123 Å². The number of halogens is 2. The molecule has 0 aliphatic heterocycles. The number of anilines is 2. The zero-order valence-corrected chi connectivity index (χ0v) is 11.8. The van der Waals surface area contributed by atoms with E-state index >= 15 is 0 Å². The largest absolute Gasteiger partial charge is 0.494 e. The molecular formula is C12H10ClFN4O3. The zero-order chi connectivity index (χ0) is 15.6. The molecule has 0 spiro atoms. The molecule has 0 saturated carbocycles. The summed E-state index contributed by atoms with van der Waals surface area (Å²) >= 11 is 5.69. The lowest BCUT2D eigenvalue weighted by molar-refractivity contribution is -0.385. The summed E-state index contributed by atoms with van der Waals surface area (Å²) in [6.07, 6.45) is 0. The Hall–Kier alpha value is -2.48. The van der Waals surface area contributed by atoms with Crippen LogP contribution in [0, 0.1) is 22.9 Å². The number of nitrogens with one attached hydrogen (secondary N) is 1. The van der Waals surface area contributed by atoms with Crippen LogP contribution in [0.25, 0.3) is 0 Å². The van der Waals surface area contributed by atoms with E-state index in [-0.39, 0.29) is 33.9 Å². The third-order valence-corrected chi connectivity index (χ3v) is 2.80. The second kappa shape index (κ2) is 5.88. The summed E-state index contributed by atoms with van der Waals surface area (Å²) in [6.45, 7) is 1.44. The maximum atomic E-state index is 13.6. The van der Waals surface area contributed by atoms with Gasteiger partial charge in [-0.3, -0.25) is 10.1 Å². The lowest BCUT2D eigenvalue weighted by Crippen LogP contribution is -2.04. The van der Waals surface area contributed by atoms with Gasteiger partial charge in [0.2, 0.25) is 11.1 Å². The fourth-order valence-corrected chi connectivity index (χ4v) is 1.93. The highest BCUT2D eigenvalue weighted by atomic mass is 35.5. The second-order valence-corrected chi connectivity index (χ2v) is 4.34. The summed E-state index contributed by atoms with van der Waals surface area (Å²) < 4.78 is 18.4. The maximum absolute atomic E-state index is 13.6. The summed E-state index contributed by atoms with van der Waals surface area (Å²) in [7, 11) is 1.34. The van der Waals surface area contributed by atoms with Crippen molar-refractivity contribution in [1.29, 1.82) is 0 Å². The highest BCUT2D eigenvalue weighted by molar-refractivity contribution is 6.28. The van der Waals surface area contributed by atoms with Crippen molar-refractivity contribution in [2.45, 2.75) is 6.92 Å². The van der Waals surface area contributed by atoms with E-state index in [0.29, 0.717) is 0 Å². The molecule has 110 valence electrons. The third-order valence-electron chi connectivity index (χ3n) is 2.63. The minimum absolute atomic E-state index is 0.0620. The smallest absolute Gasteiger partial charge is 0.332 e. The fourth-order valence-electron chi connectivity index (χ4n) is 1.72. The average molecular weight is 313 g/mol. The molecule has 0 atom stereocenters. The Kier molecular flexibility index (Phi) is 4.18. The number of hydrogen-bond acceptors (Lipinski definition) is 6. The average Bonchev–Trinajstić information content (AvgIpc) is 2.37. The van der Waals surface area contributed by atoms with Crippen LogP contribution in [-0.4, -0.2) is 22.0 Å². The minimum atomic E-state index is -0.631. The Morgan fingerprint density at radius 3 is 2.71 bits per heavy atom. The van der Waals surface area contributed by atoms with Crippen molar-refractivity contribution in [3.05, 3.63) is 45.1 Å². The van der Waals surface area contributed by atoms with Crippen molar-refractivity contribution < 1.29 is 14.1 Å². The summed E-state index contributed by atoms with van der Waals surface area (Å²) in [5.41, 5.74) is 0.0534. The predicted molar refractivity (Wildman–Crippen MR) is 74.7 cm³/mol. The predicted octanol–water partition coefficient (Wildman–Crippen LogP) is 3.24. The van der Waals surface area contributed by atoms with Gasteiger partial charge in [0.25, 0.3) is 0 Å². The van der Waals surface area contributed by atoms with E-state index in [2.05, 4.69) is 15.3 Å². The van der Waals surface area contributed by atoms with E-state index < -0.39 is 10.7 Å². The number of nitro groups is 1. The molecule has 9 heteroatoms. The third kappa shape index (κ3) is 3.16. The molecule has 0 fully saturated rings. The fraction of sp³-hybridized carbons (Fsp3) is 0.167. The van der Waals surface area contributed by atoms with E-state index in [1.807, 2.05) is 0 Å². The minimum Gasteiger partial charge on any atom is -0.494 e. The number of ether oxygens (including phenoxy) is 1. The standard InChI is InChI=1S/C12H10ClFN4O3/c1-6-10(18(19)20)11(17-12(13)15-6)16-7-3-4-9(21-2)8(14)5-7/h3-5H,1-2H3,(H,15,16,17). The monoisotopic (exact) mass is 312 g/mol. The highest BCUT2D eigenvalue weighted by Gasteiger charge is 2.22. The van der Waals surface area contributed by atoms with Gasteiger partial charge in [-0.25, -0.2) is 9.37 Å². The van der Waals surface area contributed by atoms with Gasteiger partial charge in [0.1, 0.15) is 5.69 Å². The van der Waals surface area contributed by atoms with Crippen molar-refractivity contribution in [1.82, 2.24) is 9.97 Å². The van der Waals surface area contributed by atoms with Crippen LogP contribution in [0.3, 0.4) is 0 Å². The summed E-state index contributed by atoms with van der Waals surface area (Å²) in [5.74, 6) is -0.656. The lowest BCUT2D eigenvalue weighted by atomic mass is 10.2. The van der Waals surface area contributed by atoms with Crippen LogP contribution in [0.2, 0.25) is 5.28 Å². The Morgan fingerprint density at radius 2 is 2.14 bits per heavy atom. The molecule has 1 heterocycles. The first-order chi connectivity index (χ1) is 9.92. The molecule has 0 amide bonds. The molecule has 0 radical (unpaired) electrons. The first-order valence-corrected chi connectivity index (χ1v) is 6.09. The van der Waals surface area contributed by atoms with E-state index in [1.54, 1.807) is 0 Å². The van der Waals surface area contributed by atoms with Gasteiger partial charge >= 0.3 is 5.69 Å². The van der Waals surface area contributed by atoms with Gasteiger partial charge in [0.15, 0.2) is 11.6 Å². The van der Waals surface area contributed by atoms with E-state index in [1.165, 1.54) is 26.2 Å². The van der Waals surface area contributed by atoms with Crippen LogP contribution in [-0.2, 0) is 0 Å². The molecular weight excluding hydrogens is 303 g/mol. The quantitative estimate of drug-likeness (QED) is 0.529. The molecule has 0 bridgehead atoms. The van der Waals surface area contributed by atoms with Crippen LogP contribution in [0.4, 0.5) is 21.6 Å². The normalized spacial score (nSPS) is 10.3. The Morgan fingerprint density at radius 1 is 1.43 bits per heavy atom. The van der Waals surface area contributed by atoms with Crippen LogP contribution < -0.4 is 10.1 Å². The summed E-state index contributed by atoms with van der Waals surface area (Å²) in [5, 5.41) is 13.6. The molecule has 1 N–H and O–H groups in total. The number of aryl methyl sites for hydroxylation is 1. The number of hydrogen-bond donors (Lipinski definition) is 1. The molecule has 0 aliphatic carbocycles. The van der Waals surface area contributed by atoms with Crippen molar-refractivity contribution in [3.63, 3.8) is 0 Å². The van der Waals surface area contributed by atoms with Crippen LogP contribution >= 0.6 is 11.6 Å². The maximum Gasteiger partial charge on any atom is 0.332 e. The Balaban J connectivity index is 2.44. The molecule has 7 nitrogen and oxygen atoms in total. The molecule has 1 aromatic carbocycles. The molecule has 1 aromatic heterocycles. The molecule has 2 aromatic rings. The molecule has 21 heavy (non-hydrogen) atoms. The first kappa shape index (κ1) is 14.9. The van der Waals surface area contributed by atoms with Gasteiger partial charge < -0.3 is 10.1 Å². The number of rotatable bonds is 4. The summed E-state index contributed by atoms with van der Waals surface area (Å²) in [6, 6.07) is 4.02. The van der Waals surface area contributed by atoms with E-state index in [4.69, 9.17) is 16.3 Å².